The largest absolute Gasteiger partial charge is 0.340 e. The summed E-state index contributed by atoms with van der Waals surface area (Å²) in [4.78, 5) is 14.2. The molecule has 1 atom stereocenters. The molecule has 3 heteroatoms. The van der Waals surface area contributed by atoms with Crippen LogP contribution in [0.15, 0.2) is 0 Å². The summed E-state index contributed by atoms with van der Waals surface area (Å²) in [5, 5.41) is 0. The molecular formula is C14H28N2O. The highest BCUT2D eigenvalue weighted by molar-refractivity contribution is 5.76. The minimum Gasteiger partial charge on any atom is -0.340 e. The first kappa shape index (κ1) is 14.5. The van der Waals surface area contributed by atoms with E-state index in [2.05, 4.69) is 11.8 Å². The van der Waals surface area contributed by atoms with E-state index in [4.69, 9.17) is 5.73 Å². The Bertz CT molecular complexity index is 218. The molecule has 100 valence electrons. The number of unbranched alkanes of at least 4 members (excludes halogenated alkanes) is 3. The molecule has 3 nitrogen and oxygen atoms in total. The average molecular weight is 240 g/mol. The fraction of sp³-hybridized carbons (Fsp3) is 0.929. The predicted molar refractivity (Wildman–Crippen MR) is 71.8 cm³/mol. The lowest BCUT2D eigenvalue weighted by Crippen LogP contribution is -2.43. The van der Waals surface area contributed by atoms with Crippen molar-refractivity contribution >= 4 is 5.91 Å². The fourth-order valence-corrected chi connectivity index (χ4v) is 2.67. The van der Waals surface area contributed by atoms with Gasteiger partial charge in [-0.3, -0.25) is 4.79 Å². The Morgan fingerprint density at radius 2 is 2.00 bits per heavy atom. The maximum Gasteiger partial charge on any atom is 0.222 e. The molecule has 0 bridgehead atoms. The Morgan fingerprint density at radius 3 is 2.71 bits per heavy atom. The van der Waals surface area contributed by atoms with Crippen molar-refractivity contribution in [3.05, 3.63) is 0 Å². The van der Waals surface area contributed by atoms with Crippen LogP contribution in [0.1, 0.15) is 64.7 Å². The number of amides is 1. The monoisotopic (exact) mass is 240 g/mol. The van der Waals surface area contributed by atoms with E-state index in [0.29, 0.717) is 11.9 Å². The van der Waals surface area contributed by atoms with E-state index >= 15 is 0 Å². The van der Waals surface area contributed by atoms with Crippen molar-refractivity contribution in [2.45, 2.75) is 70.8 Å². The van der Waals surface area contributed by atoms with Gasteiger partial charge >= 0.3 is 0 Å². The summed E-state index contributed by atoms with van der Waals surface area (Å²) in [6.45, 7) is 3.95. The van der Waals surface area contributed by atoms with Gasteiger partial charge < -0.3 is 10.6 Å². The molecule has 0 radical (unpaired) electrons. The van der Waals surface area contributed by atoms with Gasteiger partial charge in [0.05, 0.1) is 0 Å². The first-order valence-electron chi connectivity index (χ1n) is 7.29. The number of hydrogen-bond donors (Lipinski definition) is 1. The number of carbonyl (C=O) groups excluding carboxylic acids is 1. The van der Waals surface area contributed by atoms with Crippen LogP contribution in [0.25, 0.3) is 0 Å². The van der Waals surface area contributed by atoms with Crippen molar-refractivity contribution < 1.29 is 4.79 Å². The third kappa shape index (κ3) is 5.07. The van der Waals surface area contributed by atoms with Gasteiger partial charge in [0.1, 0.15) is 0 Å². The van der Waals surface area contributed by atoms with E-state index in [-0.39, 0.29) is 0 Å². The van der Waals surface area contributed by atoms with E-state index in [9.17, 15) is 4.79 Å². The predicted octanol–water partition coefficient (Wildman–Crippen LogP) is 2.69. The first-order chi connectivity index (χ1) is 8.29. The zero-order valence-electron chi connectivity index (χ0n) is 11.3. The molecule has 0 aromatic rings. The lowest BCUT2D eigenvalue weighted by Gasteiger charge is -2.35. The molecule has 1 heterocycles. The molecule has 0 spiro atoms. The van der Waals surface area contributed by atoms with Gasteiger partial charge in [-0.1, -0.05) is 19.8 Å². The summed E-state index contributed by atoms with van der Waals surface area (Å²) in [6.07, 6.45) is 9.97. The molecule has 2 N–H and O–H groups in total. The molecule has 1 fully saturated rings. The Labute approximate surface area is 106 Å². The maximum absolute atomic E-state index is 12.1. The highest BCUT2D eigenvalue weighted by Crippen LogP contribution is 2.20. The van der Waals surface area contributed by atoms with Gasteiger partial charge in [0, 0.05) is 19.0 Å². The van der Waals surface area contributed by atoms with Crippen molar-refractivity contribution in [3.8, 4) is 0 Å². The van der Waals surface area contributed by atoms with Crippen molar-refractivity contribution in [2.75, 3.05) is 13.1 Å². The van der Waals surface area contributed by atoms with Crippen molar-refractivity contribution in [1.29, 1.82) is 0 Å². The zero-order valence-corrected chi connectivity index (χ0v) is 11.3. The summed E-state index contributed by atoms with van der Waals surface area (Å²) in [5.74, 6) is 0.379. The smallest absolute Gasteiger partial charge is 0.222 e. The van der Waals surface area contributed by atoms with Crippen LogP contribution in [0.3, 0.4) is 0 Å². The van der Waals surface area contributed by atoms with Gasteiger partial charge in [0.2, 0.25) is 5.91 Å². The molecule has 0 aromatic carbocycles. The number of piperidine rings is 1. The minimum absolute atomic E-state index is 0.379. The van der Waals surface area contributed by atoms with E-state index < -0.39 is 0 Å². The Balaban J connectivity index is 2.20. The molecule has 0 aromatic heterocycles. The van der Waals surface area contributed by atoms with E-state index in [1.807, 2.05) is 0 Å². The molecule has 1 unspecified atom stereocenters. The number of rotatable bonds is 7. The first-order valence-corrected chi connectivity index (χ1v) is 7.29. The third-order valence-electron chi connectivity index (χ3n) is 3.76. The number of carbonyl (C=O) groups is 1. The van der Waals surface area contributed by atoms with Crippen LogP contribution in [0.2, 0.25) is 0 Å². The molecule has 1 aliphatic rings. The Kier molecular flexibility index (Phi) is 7.25. The average Bonchev–Trinajstić information content (AvgIpc) is 2.38. The summed E-state index contributed by atoms with van der Waals surface area (Å²) >= 11 is 0. The highest BCUT2D eigenvalue weighted by atomic mass is 16.2. The molecule has 1 rings (SSSR count). The standard InChI is InChI=1S/C14H28N2O/c1-2-13-9-6-8-12-16(13)14(17)10-5-3-4-7-11-15/h13H,2-12,15H2,1H3. The van der Waals surface area contributed by atoms with Gasteiger partial charge in [0.25, 0.3) is 0 Å². The topological polar surface area (TPSA) is 46.3 Å². The third-order valence-corrected chi connectivity index (χ3v) is 3.76. The Hall–Kier alpha value is -0.570. The summed E-state index contributed by atoms with van der Waals surface area (Å²) in [7, 11) is 0. The molecule has 17 heavy (non-hydrogen) atoms. The number of likely N-dealkylation sites (tertiary alicyclic amines) is 1. The van der Waals surface area contributed by atoms with Crippen LogP contribution in [-0.4, -0.2) is 29.9 Å². The summed E-state index contributed by atoms with van der Waals surface area (Å²) in [6, 6.07) is 0.514. The molecular weight excluding hydrogens is 212 g/mol. The van der Waals surface area contributed by atoms with Crippen LogP contribution in [0.5, 0.6) is 0 Å². The Morgan fingerprint density at radius 1 is 1.24 bits per heavy atom. The van der Waals surface area contributed by atoms with E-state index in [1.54, 1.807) is 0 Å². The normalized spacial score (nSPS) is 20.6. The van der Waals surface area contributed by atoms with Crippen molar-refractivity contribution in [2.24, 2.45) is 5.73 Å². The SMILES string of the molecule is CCC1CCCCN1C(=O)CCCCCCN. The quantitative estimate of drug-likeness (QED) is 0.695. The lowest BCUT2D eigenvalue weighted by atomic mass is 9.99. The van der Waals surface area contributed by atoms with E-state index in [0.717, 1.165) is 45.2 Å². The van der Waals surface area contributed by atoms with Crippen LogP contribution < -0.4 is 5.73 Å². The number of nitrogens with zero attached hydrogens (tertiary/aromatic N) is 1. The zero-order chi connectivity index (χ0) is 12.5. The van der Waals surface area contributed by atoms with Gasteiger partial charge in [-0.2, -0.15) is 0 Å². The molecule has 1 amide bonds. The highest BCUT2D eigenvalue weighted by Gasteiger charge is 2.24. The van der Waals surface area contributed by atoms with Gasteiger partial charge in [-0.05, 0) is 45.1 Å². The second kappa shape index (κ2) is 8.51. The van der Waals surface area contributed by atoms with Crippen molar-refractivity contribution in [3.63, 3.8) is 0 Å². The molecule has 0 saturated carbocycles. The lowest BCUT2D eigenvalue weighted by molar-refractivity contribution is -0.135. The van der Waals surface area contributed by atoms with Crippen molar-refractivity contribution in [1.82, 2.24) is 4.90 Å². The minimum atomic E-state index is 0.379. The molecule has 1 saturated heterocycles. The fourth-order valence-electron chi connectivity index (χ4n) is 2.67. The van der Waals surface area contributed by atoms with Gasteiger partial charge in [-0.25, -0.2) is 0 Å². The second-order valence-corrected chi connectivity index (χ2v) is 5.10. The van der Waals surface area contributed by atoms with Crippen LogP contribution in [0.4, 0.5) is 0 Å². The second-order valence-electron chi connectivity index (χ2n) is 5.10. The molecule has 0 aliphatic carbocycles. The number of nitrogens with two attached hydrogens (primary N) is 1. The van der Waals surface area contributed by atoms with Gasteiger partial charge in [0.15, 0.2) is 0 Å². The van der Waals surface area contributed by atoms with Crippen LogP contribution in [-0.2, 0) is 4.79 Å². The molecule has 1 aliphatic heterocycles. The summed E-state index contributed by atoms with van der Waals surface area (Å²) in [5.41, 5.74) is 5.45. The van der Waals surface area contributed by atoms with E-state index in [1.165, 1.54) is 25.7 Å². The van der Waals surface area contributed by atoms with Crippen LogP contribution in [0, 0.1) is 0 Å². The van der Waals surface area contributed by atoms with Crippen LogP contribution >= 0.6 is 0 Å². The maximum atomic E-state index is 12.1. The number of hydrogen-bond acceptors (Lipinski definition) is 2. The van der Waals surface area contributed by atoms with Gasteiger partial charge in [-0.15, -0.1) is 0 Å². The summed E-state index contributed by atoms with van der Waals surface area (Å²) < 4.78 is 0.